The molecule has 6 heteroatoms. The minimum Gasteiger partial charge on any atom is -0.380 e. The van der Waals surface area contributed by atoms with E-state index in [9.17, 15) is 4.79 Å². The van der Waals surface area contributed by atoms with Gasteiger partial charge in [-0.1, -0.05) is 24.3 Å². The summed E-state index contributed by atoms with van der Waals surface area (Å²) in [6.07, 6.45) is 5.57. The normalized spacial score (nSPS) is 17.6. The summed E-state index contributed by atoms with van der Waals surface area (Å²) in [5.41, 5.74) is 2.18. The SMILES string of the molecule is COCc1ccccc1CNC(=O)CN1CCCC1c1ncccn1. The number of methoxy groups -OCH3 is 1. The lowest BCUT2D eigenvalue weighted by Crippen LogP contribution is -2.37. The second-order valence-electron chi connectivity index (χ2n) is 6.21. The van der Waals surface area contributed by atoms with Crippen LogP contribution in [-0.2, 0) is 22.7 Å². The molecule has 2 aromatic rings. The van der Waals surface area contributed by atoms with E-state index < -0.39 is 0 Å². The largest absolute Gasteiger partial charge is 0.380 e. The Balaban J connectivity index is 1.56. The van der Waals surface area contributed by atoms with Gasteiger partial charge >= 0.3 is 0 Å². The maximum atomic E-state index is 12.4. The summed E-state index contributed by atoms with van der Waals surface area (Å²) < 4.78 is 5.21. The van der Waals surface area contributed by atoms with Crippen molar-refractivity contribution < 1.29 is 9.53 Å². The van der Waals surface area contributed by atoms with Crippen LogP contribution in [0.4, 0.5) is 0 Å². The predicted molar refractivity (Wildman–Crippen MR) is 94.6 cm³/mol. The Morgan fingerprint density at radius 1 is 1.24 bits per heavy atom. The highest BCUT2D eigenvalue weighted by atomic mass is 16.5. The van der Waals surface area contributed by atoms with Crippen LogP contribution < -0.4 is 5.32 Å². The van der Waals surface area contributed by atoms with Crippen LogP contribution >= 0.6 is 0 Å². The lowest BCUT2D eigenvalue weighted by Gasteiger charge is -2.22. The Morgan fingerprint density at radius 2 is 2.00 bits per heavy atom. The fourth-order valence-electron chi connectivity index (χ4n) is 3.25. The van der Waals surface area contributed by atoms with E-state index in [1.54, 1.807) is 19.5 Å². The second kappa shape index (κ2) is 8.69. The van der Waals surface area contributed by atoms with Crippen molar-refractivity contribution in [3.05, 3.63) is 59.7 Å². The van der Waals surface area contributed by atoms with Crippen LogP contribution in [0.15, 0.2) is 42.7 Å². The van der Waals surface area contributed by atoms with E-state index in [0.717, 1.165) is 36.3 Å². The molecule has 1 fully saturated rings. The second-order valence-corrected chi connectivity index (χ2v) is 6.21. The molecule has 132 valence electrons. The number of carbonyl (C=O) groups is 1. The molecule has 1 N–H and O–H groups in total. The molecule has 6 nitrogen and oxygen atoms in total. The summed E-state index contributed by atoms with van der Waals surface area (Å²) in [5, 5.41) is 3.02. The molecule has 0 aliphatic carbocycles. The van der Waals surface area contributed by atoms with Crippen molar-refractivity contribution in [2.24, 2.45) is 0 Å². The first kappa shape index (κ1) is 17.5. The first-order valence-electron chi connectivity index (χ1n) is 8.61. The van der Waals surface area contributed by atoms with Crippen molar-refractivity contribution in [2.75, 3.05) is 20.2 Å². The molecule has 0 bridgehead atoms. The number of rotatable bonds is 7. The number of nitrogens with zero attached hydrogens (tertiary/aromatic N) is 3. The van der Waals surface area contributed by atoms with E-state index in [-0.39, 0.29) is 11.9 Å². The number of carbonyl (C=O) groups excluding carboxylic acids is 1. The van der Waals surface area contributed by atoms with E-state index in [1.807, 2.05) is 30.3 Å². The summed E-state index contributed by atoms with van der Waals surface area (Å²) in [5.74, 6) is 0.827. The number of aromatic nitrogens is 2. The third-order valence-electron chi connectivity index (χ3n) is 4.49. The van der Waals surface area contributed by atoms with Crippen LogP contribution in [0.25, 0.3) is 0 Å². The van der Waals surface area contributed by atoms with Gasteiger partial charge in [0.25, 0.3) is 0 Å². The summed E-state index contributed by atoms with van der Waals surface area (Å²) in [7, 11) is 1.68. The standard InChI is InChI=1S/C19H24N4O2/c1-25-14-16-7-3-2-6-15(16)12-22-18(24)13-23-11-4-8-17(23)19-20-9-5-10-21-19/h2-3,5-7,9-10,17H,4,8,11-14H2,1H3,(H,22,24). The number of likely N-dealkylation sites (tertiary alicyclic amines) is 1. The van der Waals surface area contributed by atoms with Crippen molar-refractivity contribution in [3.8, 4) is 0 Å². The third kappa shape index (κ3) is 4.61. The van der Waals surface area contributed by atoms with Crippen LogP contribution in [0.1, 0.15) is 35.8 Å². The van der Waals surface area contributed by atoms with Gasteiger partial charge in [-0.15, -0.1) is 0 Å². The lowest BCUT2D eigenvalue weighted by atomic mass is 10.1. The number of ether oxygens (including phenoxy) is 1. The maximum absolute atomic E-state index is 12.4. The van der Waals surface area contributed by atoms with Gasteiger partial charge < -0.3 is 10.1 Å². The van der Waals surface area contributed by atoms with E-state index in [2.05, 4.69) is 20.2 Å². The molecule has 0 spiro atoms. The van der Waals surface area contributed by atoms with Gasteiger partial charge in [0.1, 0.15) is 5.82 Å². The summed E-state index contributed by atoms with van der Waals surface area (Å²) in [6, 6.07) is 9.94. The first-order chi connectivity index (χ1) is 12.3. The number of amides is 1. The van der Waals surface area contributed by atoms with Crippen molar-refractivity contribution in [2.45, 2.75) is 32.0 Å². The molecule has 0 radical (unpaired) electrons. The van der Waals surface area contributed by atoms with E-state index in [1.165, 1.54) is 0 Å². The molecule has 1 aliphatic rings. The summed E-state index contributed by atoms with van der Waals surface area (Å²) in [4.78, 5) is 23.2. The molecule has 1 unspecified atom stereocenters. The van der Waals surface area contributed by atoms with E-state index in [4.69, 9.17) is 4.74 Å². The molecule has 1 atom stereocenters. The van der Waals surface area contributed by atoms with E-state index >= 15 is 0 Å². The van der Waals surface area contributed by atoms with Gasteiger partial charge in [-0.2, -0.15) is 0 Å². The predicted octanol–water partition coefficient (Wildman–Crippen LogP) is 2.08. The molecular weight excluding hydrogens is 316 g/mol. The zero-order chi connectivity index (χ0) is 17.5. The van der Waals surface area contributed by atoms with Gasteiger partial charge in [0.15, 0.2) is 0 Å². The number of benzene rings is 1. The summed E-state index contributed by atoms with van der Waals surface area (Å²) >= 11 is 0. The highest BCUT2D eigenvalue weighted by Crippen LogP contribution is 2.28. The molecule has 25 heavy (non-hydrogen) atoms. The van der Waals surface area contributed by atoms with Crippen LogP contribution in [0.5, 0.6) is 0 Å². The first-order valence-corrected chi connectivity index (χ1v) is 8.61. The molecule has 1 aliphatic heterocycles. The van der Waals surface area contributed by atoms with Crippen molar-refractivity contribution in [3.63, 3.8) is 0 Å². The zero-order valence-electron chi connectivity index (χ0n) is 14.5. The molecule has 1 saturated heterocycles. The Kier molecular flexibility index (Phi) is 6.09. The van der Waals surface area contributed by atoms with Crippen molar-refractivity contribution in [1.29, 1.82) is 0 Å². The monoisotopic (exact) mass is 340 g/mol. The minimum absolute atomic E-state index is 0.0232. The molecular formula is C19H24N4O2. The number of hydrogen-bond donors (Lipinski definition) is 1. The minimum atomic E-state index is 0.0232. The quantitative estimate of drug-likeness (QED) is 0.836. The Hall–Kier alpha value is -2.31. The van der Waals surface area contributed by atoms with Crippen LogP contribution in [0, 0.1) is 0 Å². The van der Waals surface area contributed by atoms with Gasteiger partial charge in [-0.3, -0.25) is 9.69 Å². The van der Waals surface area contributed by atoms with Gasteiger partial charge in [0.2, 0.25) is 5.91 Å². The average molecular weight is 340 g/mol. The van der Waals surface area contributed by atoms with Gasteiger partial charge in [0, 0.05) is 26.0 Å². The molecule has 1 aromatic carbocycles. The molecule has 1 aromatic heterocycles. The highest BCUT2D eigenvalue weighted by molar-refractivity contribution is 5.78. The lowest BCUT2D eigenvalue weighted by molar-refractivity contribution is -0.122. The Bertz CT molecular complexity index is 693. The van der Waals surface area contributed by atoms with E-state index in [0.29, 0.717) is 19.7 Å². The average Bonchev–Trinajstić information content (AvgIpc) is 3.10. The Morgan fingerprint density at radius 3 is 2.76 bits per heavy atom. The number of nitrogens with one attached hydrogen (secondary N) is 1. The highest BCUT2D eigenvalue weighted by Gasteiger charge is 2.29. The zero-order valence-corrected chi connectivity index (χ0v) is 14.5. The third-order valence-corrected chi connectivity index (χ3v) is 4.49. The maximum Gasteiger partial charge on any atom is 0.234 e. The van der Waals surface area contributed by atoms with Gasteiger partial charge in [-0.25, -0.2) is 9.97 Å². The van der Waals surface area contributed by atoms with Crippen LogP contribution in [-0.4, -0.2) is 41.0 Å². The van der Waals surface area contributed by atoms with Crippen molar-refractivity contribution >= 4 is 5.91 Å². The fourth-order valence-corrected chi connectivity index (χ4v) is 3.25. The summed E-state index contributed by atoms with van der Waals surface area (Å²) in [6.45, 7) is 2.33. The Labute approximate surface area is 148 Å². The number of hydrogen-bond acceptors (Lipinski definition) is 5. The fraction of sp³-hybridized carbons (Fsp3) is 0.421. The topological polar surface area (TPSA) is 67.3 Å². The van der Waals surface area contributed by atoms with Crippen molar-refractivity contribution in [1.82, 2.24) is 20.2 Å². The van der Waals surface area contributed by atoms with Crippen LogP contribution in [0.3, 0.4) is 0 Å². The molecule has 3 rings (SSSR count). The molecule has 0 saturated carbocycles. The van der Waals surface area contributed by atoms with Crippen LogP contribution in [0.2, 0.25) is 0 Å². The molecule has 2 heterocycles. The molecule has 1 amide bonds. The smallest absolute Gasteiger partial charge is 0.234 e. The van der Waals surface area contributed by atoms with Gasteiger partial charge in [0.05, 0.1) is 19.2 Å². The van der Waals surface area contributed by atoms with Gasteiger partial charge in [-0.05, 0) is 36.6 Å².